The van der Waals surface area contributed by atoms with Crippen LogP contribution < -0.4 is 75.7 Å². The Morgan fingerprint density at radius 2 is 1.27 bits per heavy atom. The van der Waals surface area contributed by atoms with Crippen LogP contribution in [0.25, 0.3) is 10.9 Å². The second-order valence-corrected chi connectivity index (χ2v) is 19.7. The molecule has 0 bridgehead atoms. The van der Waals surface area contributed by atoms with Gasteiger partial charge in [-0.2, -0.15) is 0 Å². The number of nitrogens with one attached hydrogen (secondary N) is 14. The summed E-state index contributed by atoms with van der Waals surface area (Å²) in [6.45, 7) is 1.45. The lowest BCUT2D eigenvalue weighted by Crippen LogP contribution is -2.61. The molecule has 27 heteroatoms. The first kappa shape index (κ1) is 61.1. The van der Waals surface area contributed by atoms with Crippen LogP contribution in [0.5, 0.6) is 0 Å². The van der Waals surface area contributed by atoms with Crippen LogP contribution in [0.3, 0.4) is 0 Å². The van der Waals surface area contributed by atoms with Gasteiger partial charge in [0.15, 0.2) is 11.9 Å². The summed E-state index contributed by atoms with van der Waals surface area (Å²) in [7, 11) is 0. The summed E-state index contributed by atoms with van der Waals surface area (Å²) in [5.41, 5.74) is 18.4. The molecule has 0 spiro atoms. The van der Waals surface area contributed by atoms with E-state index in [1.54, 1.807) is 36.5 Å². The van der Waals surface area contributed by atoms with Gasteiger partial charge < -0.3 is 80.7 Å². The van der Waals surface area contributed by atoms with E-state index in [9.17, 15) is 47.9 Å². The molecule has 428 valence electrons. The molecule has 2 aromatic carbocycles. The summed E-state index contributed by atoms with van der Waals surface area (Å²) in [6, 6.07) is 5.92. The molecule has 1 aliphatic heterocycles. The molecule has 27 nitrogen and oxygen atoms in total. The summed E-state index contributed by atoms with van der Waals surface area (Å²) in [6.07, 6.45) is 2.40. The number of aromatic nitrogens is 1. The van der Waals surface area contributed by atoms with Crippen molar-refractivity contribution in [1.29, 1.82) is 10.8 Å². The van der Waals surface area contributed by atoms with Gasteiger partial charge in [0.1, 0.15) is 42.3 Å². The van der Waals surface area contributed by atoms with Gasteiger partial charge in [-0.05, 0) is 81.4 Å². The molecule has 2 aliphatic rings. The fourth-order valence-electron chi connectivity index (χ4n) is 8.79. The zero-order valence-electron chi connectivity index (χ0n) is 44.2. The quantitative estimate of drug-likeness (QED) is 0.0307. The summed E-state index contributed by atoms with van der Waals surface area (Å²) in [5, 5.41) is 45.4. The number of hydrogen-bond acceptors (Lipinski definition) is 12. The lowest BCUT2D eigenvalue weighted by atomic mass is 10.0. The second-order valence-electron chi connectivity index (χ2n) is 19.7. The number of rotatable bonds is 20. The molecular formula is C52H75N17O10. The van der Waals surface area contributed by atoms with Gasteiger partial charge in [-0.15, -0.1) is 0 Å². The van der Waals surface area contributed by atoms with Crippen molar-refractivity contribution in [3.05, 3.63) is 71.9 Å². The molecule has 1 aromatic heterocycles. The van der Waals surface area contributed by atoms with Gasteiger partial charge in [0.2, 0.25) is 59.1 Å². The minimum Gasteiger partial charge on any atom is -0.370 e. The number of primary amides is 1. The van der Waals surface area contributed by atoms with E-state index in [0.717, 1.165) is 23.7 Å². The van der Waals surface area contributed by atoms with Gasteiger partial charge in [0, 0.05) is 69.0 Å². The lowest BCUT2D eigenvalue weighted by Gasteiger charge is -2.28. The molecule has 1 saturated heterocycles. The number of amides is 10. The molecule has 10 amide bonds. The third-order valence-electron chi connectivity index (χ3n) is 13.1. The van der Waals surface area contributed by atoms with Crippen molar-refractivity contribution < 1.29 is 47.9 Å². The topological polar surface area (TPSA) is 445 Å². The van der Waals surface area contributed by atoms with Crippen LogP contribution in [0.15, 0.2) is 60.8 Å². The summed E-state index contributed by atoms with van der Waals surface area (Å²) in [4.78, 5) is 142. The molecule has 2 fully saturated rings. The van der Waals surface area contributed by atoms with Gasteiger partial charge in [-0.25, -0.2) is 0 Å². The predicted molar refractivity (Wildman–Crippen MR) is 291 cm³/mol. The first-order chi connectivity index (χ1) is 37.8. The highest BCUT2D eigenvalue weighted by Crippen LogP contribution is 2.21. The Balaban J connectivity index is 1.54. The molecule has 1 aliphatic carbocycles. The molecule has 7 atom stereocenters. The molecule has 0 radical (unpaired) electrons. The van der Waals surface area contributed by atoms with Crippen LogP contribution in [-0.4, -0.2) is 144 Å². The van der Waals surface area contributed by atoms with E-state index >= 15 is 0 Å². The fourth-order valence-corrected chi connectivity index (χ4v) is 8.79. The van der Waals surface area contributed by atoms with Crippen LogP contribution in [0, 0.1) is 10.8 Å². The number of aromatic amines is 1. The van der Waals surface area contributed by atoms with Crippen molar-refractivity contribution in [1.82, 2.24) is 63.5 Å². The number of hydrogen-bond donors (Lipinski definition) is 17. The average Bonchev–Trinajstić information content (AvgIpc) is 4.18. The Morgan fingerprint density at radius 1 is 0.671 bits per heavy atom. The standard InChI is InChI=1S/C52H75N17O10/c1-29(70)62-35(16-9-23-59-51(54)55)45(74)69-41-27-43(72)58-22-8-7-15-36(44(73)63-32-18-19-32)64-49(78)40(26-31-28-61-34-14-6-5-13-33(31)34)68-46(75)37(17-10-24-60-52(56)57)65-48(77)39(25-30-11-3-2-4-12-30)67-47(76)38(66-50(41)79)20-21-42(53)71/h2-6,11-14,28,32,35-41,61H,7-10,15-27H2,1H3,(H2,53,71)(H,58,72)(H,62,70)(H,63,73)(H,64,78)(H,65,77)(H,66,79)(H,67,76)(H,68,75)(H,69,74)(H4,54,55,59)(H4,56,57,60)/t35-,36-,37-,38-,39+,40-,41-/m0/s1. The number of carbonyl (C=O) groups excluding carboxylic acids is 10. The van der Waals surface area contributed by atoms with E-state index in [1.165, 1.54) is 6.92 Å². The van der Waals surface area contributed by atoms with Gasteiger partial charge >= 0.3 is 0 Å². The van der Waals surface area contributed by atoms with E-state index < -0.39 is 121 Å². The Bertz CT molecular complexity index is 2660. The third-order valence-corrected chi connectivity index (χ3v) is 13.1. The number of H-pyrrole nitrogens is 1. The number of guanidine groups is 2. The van der Waals surface area contributed by atoms with Gasteiger partial charge in [0.05, 0.1) is 6.42 Å². The van der Waals surface area contributed by atoms with E-state index in [-0.39, 0.29) is 95.4 Å². The van der Waals surface area contributed by atoms with Crippen molar-refractivity contribution in [3.63, 3.8) is 0 Å². The number of para-hydroxylation sites is 1. The Labute approximate surface area is 456 Å². The molecule has 20 N–H and O–H groups in total. The summed E-state index contributed by atoms with van der Waals surface area (Å²) >= 11 is 0. The molecule has 1 saturated carbocycles. The van der Waals surface area contributed by atoms with E-state index in [4.69, 9.17) is 28.0 Å². The third kappa shape index (κ3) is 21.3. The monoisotopic (exact) mass is 1100 g/mol. The molecule has 79 heavy (non-hydrogen) atoms. The fraction of sp³-hybridized carbons (Fsp3) is 0.500. The average molecular weight is 1100 g/mol. The Kier molecular flexibility index (Phi) is 23.8. The molecule has 5 rings (SSSR count). The first-order valence-corrected chi connectivity index (χ1v) is 26.5. The van der Waals surface area contributed by atoms with E-state index in [1.807, 2.05) is 24.3 Å². The van der Waals surface area contributed by atoms with Crippen LogP contribution in [0.2, 0.25) is 0 Å². The van der Waals surface area contributed by atoms with Crippen molar-refractivity contribution in [2.45, 2.75) is 145 Å². The van der Waals surface area contributed by atoms with Crippen molar-refractivity contribution >= 4 is 81.9 Å². The van der Waals surface area contributed by atoms with Crippen molar-refractivity contribution in [3.8, 4) is 0 Å². The Hall–Kier alpha value is -8.78. The number of fused-ring (bicyclic) bond motifs is 1. The van der Waals surface area contributed by atoms with Crippen molar-refractivity contribution in [2.75, 3.05) is 19.6 Å². The summed E-state index contributed by atoms with van der Waals surface area (Å²) < 4.78 is 0. The van der Waals surface area contributed by atoms with Crippen molar-refractivity contribution in [2.24, 2.45) is 17.2 Å². The van der Waals surface area contributed by atoms with E-state index in [2.05, 4.69) is 63.5 Å². The van der Waals surface area contributed by atoms with Crippen LogP contribution in [0.4, 0.5) is 0 Å². The number of carbonyl (C=O) groups is 10. The number of nitrogens with two attached hydrogens (primary N) is 3. The van der Waals surface area contributed by atoms with Crippen LogP contribution >= 0.6 is 0 Å². The zero-order valence-corrected chi connectivity index (χ0v) is 44.2. The second kappa shape index (κ2) is 30.8. The normalized spacial score (nSPS) is 21.5. The highest BCUT2D eigenvalue weighted by atomic mass is 16.2. The maximum Gasteiger partial charge on any atom is 0.243 e. The number of benzene rings is 2. The predicted octanol–water partition coefficient (Wildman–Crippen LogP) is -2.87. The van der Waals surface area contributed by atoms with Gasteiger partial charge in [-0.3, -0.25) is 58.8 Å². The smallest absolute Gasteiger partial charge is 0.243 e. The molecule has 0 unspecified atom stereocenters. The van der Waals surface area contributed by atoms with Crippen LogP contribution in [0.1, 0.15) is 95.1 Å². The Morgan fingerprint density at radius 3 is 1.92 bits per heavy atom. The van der Waals surface area contributed by atoms with Gasteiger partial charge in [-0.1, -0.05) is 48.5 Å². The lowest BCUT2D eigenvalue weighted by molar-refractivity contribution is -0.136. The van der Waals surface area contributed by atoms with Gasteiger partial charge in [0.25, 0.3) is 0 Å². The minimum atomic E-state index is -1.70. The molecule has 3 aromatic rings. The molecular weight excluding hydrogens is 1020 g/mol. The minimum absolute atomic E-state index is 0.00341. The largest absolute Gasteiger partial charge is 0.370 e. The summed E-state index contributed by atoms with van der Waals surface area (Å²) in [5.74, 6) is -8.61. The van der Waals surface area contributed by atoms with E-state index in [0.29, 0.717) is 11.1 Å². The zero-order chi connectivity index (χ0) is 57.4. The molecule has 2 heterocycles. The maximum atomic E-state index is 14.7. The SMILES string of the molecule is CC(=O)N[C@@H](CCCNC(=N)N)C(=O)N[C@H]1CC(=O)NCCCC[C@@H](C(=O)NC2CC2)NC(=O)[C@H](Cc2c[nH]c3ccccc23)NC(=O)[C@H](CCCNC(=N)N)NC(=O)[C@@H](Cc2ccccc2)NC(=O)[C@H](CCC(N)=O)NC1=O. The maximum absolute atomic E-state index is 14.7. The highest BCUT2D eigenvalue weighted by Gasteiger charge is 2.36. The first-order valence-electron chi connectivity index (χ1n) is 26.5. The highest BCUT2D eigenvalue weighted by molar-refractivity contribution is 5.99. The van der Waals surface area contributed by atoms with Crippen LogP contribution in [-0.2, 0) is 60.8 Å².